The van der Waals surface area contributed by atoms with Gasteiger partial charge in [0.15, 0.2) is 0 Å². The van der Waals surface area contributed by atoms with E-state index in [2.05, 4.69) is 10.1 Å². The molecule has 1 aromatic rings. The number of hydrogen-bond acceptors (Lipinski definition) is 5. The van der Waals surface area contributed by atoms with E-state index in [-0.39, 0.29) is 18.5 Å². The Morgan fingerprint density at radius 3 is 2.50 bits per heavy atom. The van der Waals surface area contributed by atoms with Crippen LogP contribution in [-0.2, 0) is 25.4 Å². The van der Waals surface area contributed by atoms with E-state index in [0.29, 0.717) is 0 Å². The van der Waals surface area contributed by atoms with Crippen molar-refractivity contribution in [2.75, 3.05) is 19.9 Å². The quantitative estimate of drug-likeness (QED) is 0.470. The minimum absolute atomic E-state index is 0.0351. The molecule has 0 aliphatic rings. The van der Waals surface area contributed by atoms with Crippen molar-refractivity contribution < 1.29 is 28.5 Å². The maximum absolute atomic E-state index is 11.7. The van der Waals surface area contributed by atoms with Gasteiger partial charge in [0.2, 0.25) is 7.37 Å². The first-order chi connectivity index (χ1) is 10.3. The van der Waals surface area contributed by atoms with Crippen LogP contribution in [0.25, 0.3) is 0 Å². The van der Waals surface area contributed by atoms with Gasteiger partial charge in [0.1, 0.15) is 12.3 Å². The average Bonchev–Trinajstić information content (AvgIpc) is 2.48. The van der Waals surface area contributed by atoms with Crippen LogP contribution in [0.3, 0.4) is 0 Å². The van der Waals surface area contributed by atoms with Gasteiger partial charge in [-0.1, -0.05) is 30.3 Å². The Labute approximate surface area is 128 Å². The zero-order valence-corrected chi connectivity index (χ0v) is 13.2. The second-order valence-electron chi connectivity index (χ2n) is 4.53. The predicted octanol–water partition coefficient (Wildman–Crippen LogP) is 1.87. The van der Waals surface area contributed by atoms with Crippen LogP contribution in [0.15, 0.2) is 42.1 Å². The van der Waals surface area contributed by atoms with Gasteiger partial charge in [0, 0.05) is 12.8 Å². The summed E-state index contributed by atoms with van der Waals surface area (Å²) in [7, 11) is -2.22. The van der Waals surface area contributed by atoms with E-state index in [4.69, 9.17) is 4.74 Å². The lowest BCUT2D eigenvalue weighted by molar-refractivity contribution is -0.136. The summed E-state index contributed by atoms with van der Waals surface area (Å²) in [6.07, 6.45) is 0.0108. The van der Waals surface area contributed by atoms with Crippen LogP contribution in [-0.4, -0.2) is 36.9 Å². The molecule has 1 amide bonds. The highest BCUT2D eigenvalue weighted by atomic mass is 31.2. The van der Waals surface area contributed by atoms with Gasteiger partial charge < -0.3 is 14.4 Å². The van der Waals surface area contributed by atoms with Crippen molar-refractivity contribution in [2.24, 2.45) is 0 Å². The topological polar surface area (TPSA) is 102 Å². The number of carbonyl (C=O) groups excluding carboxylic acids is 2. The number of nitrogens with one attached hydrogen (secondary N) is 1. The normalized spacial score (nSPS) is 13.9. The van der Waals surface area contributed by atoms with Gasteiger partial charge >= 0.3 is 12.1 Å². The molecule has 0 saturated carbocycles. The summed E-state index contributed by atoms with van der Waals surface area (Å²) in [5.74, 6) is -0.829. The molecule has 0 fully saturated rings. The summed E-state index contributed by atoms with van der Waals surface area (Å²) < 4.78 is 20.7. The highest BCUT2D eigenvalue weighted by Gasteiger charge is 2.16. The second-order valence-corrected chi connectivity index (χ2v) is 7.00. The molecular weight excluding hydrogens is 309 g/mol. The van der Waals surface area contributed by atoms with Gasteiger partial charge in [-0.15, -0.1) is 0 Å². The Bertz CT molecular complexity index is 593. The smallest absolute Gasteiger partial charge is 0.412 e. The predicted molar refractivity (Wildman–Crippen MR) is 80.5 cm³/mol. The molecule has 120 valence electrons. The molecule has 7 nitrogen and oxygen atoms in total. The Hall–Kier alpha value is -2.11. The number of ether oxygens (including phenoxy) is 2. The third kappa shape index (κ3) is 7.06. The number of esters is 1. The molecule has 2 N–H and O–H groups in total. The molecule has 1 rings (SSSR count). The summed E-state index contributed by atoms with van der Waals surface area (Å²) in [4.78, 5) is 32.4. The fourth-order valence-electron chi connectivity index (χ4n) is 1.43. The molecule has 22 heavy (non-hydrogen) atoms. The average molecular weight is 327 g/mol. The van der Waals surface area contributed by atoms with Crippen LogP contribution in [0.4, 0.5) is 4.79 Å². The zero-order chi connectivity index (χ0) is 16.6. The van der Waals surface area contributed by atoms with Crippen LogP contribution >= 0.6 is 7.37 Å². The van der Waals surface area contributed by atoms with Crippen LogP contribution in [0, 0.1) is 0 Å². The van der Waals surface area contributed by atoms with E-state index in [1.807, 2.05) is 6.07 Å². The van der Waals surface area contributed by atoms with Crippen LogP contribution in [0.2, 0.25) is 0 Å². The highest BCUT2D eigenvalue weighted by Crippen LogP contribution is 2.34. The third-order valence-electron chi connectivity index (χ3n) is 2.49. The number of carbonyl (C=O) groups is 2. The van der Waals surface area contributed by atoms with Crippen molar-refractivity contribution in [3.8, 4) is 0 Å². The summed E-state index contributed by atoms with van der Waals surface area (Å²) in [5, 5.41) is 2.20. The largest absolute Gasteiger partial charge is 0.464 e. The maximum atomic E-state index is 11.7. The van der Waals surface area contributed by atoms with Gasteiger partial charge in [-0.05, 0) is 11.6 Å². The molecule has 0 bridgehead atoms. The van der Waals surface area contributed by atoms with Crippen molar-refractivity contribution in [1.29, 1.82) is 0 Å². The van der Waals surface area contributed by atoms with Crippen molar-refractivity contribution in [3.05, 3.63) is 47.7 Å². The zero-order valence-electron chi connectivity index (χ0n) is 12.3. The van der Waals surface area contributed by atoms with Gasteiger partial charge in [0.05, 0.1) is 7.11 Å². The first kappa shape index (κ1) is 17.9. The molecule has 0 aromatic heterocycles. The lowest BCUT2D eigenvalue weighted by atomic mass is 10.2. The summed E-state index contributed by atoms with van der Waals surface area (Å²) in [6, 6.07) is 9.00. The van der Waals surface area contributed by atoms with Crippen molar-refractivity contribution in [1.82, 2.24) is 5.32 Å². The standard InChI is InChI=1S/C14H18NO6P/c1-20-13(16)12(8-9-22(2,18)19)15-14(17)21-10-11-6-4-3-5-7-11/h3-8H,9-10H2,1-2H3,(H,15,17)(H,18,19)/b12-8-. The third-order valence-corrected chi connectivity index (χ3v) is 3.35. The molecular formula is C14H18NO6P. The maximum Gasteiger partial charge on any atom is 0.412 e. The van der Waals surface area contributed by atoms with Crippen LogP contribution < -0.4 is 5.32 Å². The number of benzene rings is 1. The first-order valence-electron chi connectivity index (χ1n) is 6.37. The summed E-state index contributed by atoms with van der Waals surface area (Å²) in [5.41, 5.74) is 0.548. The number of alkyl carbamates (subject to hydrolysis) is 1. The van der Waals surface area contributed by atoms with E-state index in [9.17, 15) is 19.0 Å². The van der Waals surface area contributed by atoms with Crippen molar-refractivity contribution in [2.45, 2.75) is 6.61 Å². The van der Waals surface area contributed by atoms with Gasteiger partial charge in [-0.3, -0.25) is 9.88 Å². The Morgan fingerprint density at radius 2 is 1.95 bits per heavy atom. The van der Waals surface area contributed by atoms with E-state index in [1.165, 1.54) is 0 Å². The Morgan fingerprint density at radius 1 is 1.32 bits per heavy atom. The molecule has 1 atom stereocenters. The van der Waals surface area contributed by atoms with Gasteiger partial charge in [0.25, 0.3) is 0 Å². The molecule has 1 aromatic carbocycles. The fraction of sp³-hybridized carbons (Fsp3) is 0.286. The van der Waals surface area contributed by atoms with Gasteiger partial charge in [-0.2, -0.15) is 0 Å². The minimum Gasteiger partial charge on any atom is -0.464 e. The molecule has 0 radical (unpaired) electrons. The molecule has 0 aliphatic carbocycles. The molecule has 8 heteroatoms. The van der Waals surface area contributed by atoms with E-state index in [0.717, 1.165) is 25.4 Å². The van der Waals surface area contributed by atoms with E-state index < -0.39 is 19.4 Å². The molecule has 0 saturated heterocycles. The van der Waals surface area contributed by atoms with Crippen molar-refractivity contribution in [3.63, 3.8) is 0 Å². The monoisotopic (exact) mass is 327 g/mol. The molecule has 0 heterocycles. The number of hydrogen-bond donors (Lipinski definition) is 2. The summed E-state index contributed by atoms with van der Waals surface area (Å²) in [6.45, 7) is 1.18. The molecule has 0 aliphatic heterocycles. The van der Waals surface area contributed by atoms with Crippen LogP contribution in [0.5, 0.6) is 0 Å². The van der Waals surface area contributed by atoms with E-state index >= 15 is 0 Å². The molecule has 1 unspecified atom stereocenters. The number of methoxy groups -OCH3 is 1. The number of amides is 1. The lowest BCUT2D eigenvalue weighted by Crippen LogP contribution is -2.29. The number of rotatable bonds is 6. The van der Waals surface area contributed by atoms with E-state index in [1.54, 1.807) is 24.3 Å². The second kappa shape index (κ2) is 8.36. The molecule has 0 spiro atoms. The minimum atomic E-state index is -3.35. The SMILES string of the molecule is COC(=O)/C(=C/CP(C)(=O)O)NC(=O)OCc1ccccc1. The lowest BCUT2D eigenvalue weighted by Gasteiger charge is -2.10. The summed E-state index contributed by atoms with van der Waals surface area (Å²) >= 11 is 0. The Balaban J connectivity index is 2.63. The van der Waals surface area contributed by atoms with Crippen LogP contribution in [0.1, 0.15) is 5.56 Å². The highest BCUT2D eigenvalue weighted by molar-refractivity contribution is 7.57. The van der Waals surface area contributed by atoms with Gasteiger partial charge in [-0.25, -0.2) is 9.59 Å². The first-order valence-corrected chi connectivity index (χ1v) is 8.66. The van der Waals surface area contributed by atoms with Crippen molar-refractivity contribution >= 4 is 19.4 Å². The Kier molecular flexibility index (Phi) is 6.82. The number of allylic oxidation sites excluding steroid dienone is 1. The fourth-order valence-corrected chi connectivity index (χ4v) is 1.95.